The van der Waals surface area contributed by atoms with Crippen LogP contribution in [-0.2, 0) is 9.84 Å². The van der Waals surface area contributed by atoms with Crippen LogP contribution >= 0.6 is 0 Å². The average molecular weight is 263 g/mol. The van der Waals surface area contributed by atoms with Gasteiger partial charge in [-0.15, -0.1) is 0 Å². The van der Waals surface area contributed by atoms with Crippen molar-refractivity contribution in [3.8, 4) is 0 Å². The Kier molecular flexibility index (Phi) is 9.84. The van der Waals surface area contributed by atoms with Gasteiger partial charge >= 0.3 is 0 Å². The van der Waals surface area contributed by atoms with E-state index in [1.54, 1.807) is 0 Å². The Morgan fingerprint density at radius 2 is 1.65 bits per heavy atom. The summed E-state index contributed by atoms with van der Waals surface area (Å²) in [5, 5.41) is 3.38. The maximum absolute atomic E-state index is 11.7. The molecule has 0 rings (SSSR count). The summed E-state index contributed by atoms with van der Waals surface area (Å²) in [6, 6.07) is 0.431. The Balaban J connectivity index is 3.64. The zero-order valence-corrected chi connectivity index (χ0v) is 12.5. The highest BCUT2D eigenvalue weighted by Crippen LogP contribution is 2.05. The SMILES string of the molecule is CCCCCS(=O)(=O)CCCC(C)NCCC. The van der Waals surface area contributed by atoms with E-state index >= 15 is 0 Å². The molecule has 0 aliphatic carbocycles. The van der Waals surface area contributed by atoms with E-state index in [1.807, 2.05) is 0 Å². The highest BCUT2D eigenvalue weighted by molar-refractivity contribution is 7.91. The van der Waals surface area contributed by atoms with Gasteiger partial charge in [0.2, 0.25) is 0 Å². The first-order valence-corrected chi connectivity index (χ1v) is 8.77. The van der Waals surface area contributed by atoms with Crippen LogP contribution in [0.5, 0.6) is 0 Å². The average Bonchev–Trinajstić information content (AvgIpc) is 2.26. The van der Waals surface area contributed by atoms with Crippen molar-refractivity contribution >= 4 is 9.84 Å². The lowest BCUT2D eigenvalue weighted by atomic mass is 10.2. The molecule has 0 bridgehead atoms. The molecule has 0 aromatic carbocycles. The van der Waals surface area contributed by atoms with Gasteiger partial charge in [0, 0.05) is 6.04 Å². The van der Waals surface area contributed by atoms with Gasteiger partial charge in [0.15, 0.2) is 0 Å². The quantitative estimate of drug-likeness (QED) is 0.583. The molecule has 0 aliphatic rings. The normalized spacial score (nSPS) is 13.8. The fraction of sp³-hybridized carbons (Fsp3) is 1.00. The van der Waals surface area contributed by atoms with Crippen molar-refractivity contribution in [1.82, 2.24) is 5.32 Å². The molecule has 0 saturated heterocycles. The van der Waals surface area contributed by atoms with E-state index in [2.05, 4.69) is 26.1 Å². The van der Waals surface area contributed by atoms with E-state index in [9.17, 15) is 8.42 Å². The second-order valence-corrected chi connectivity index (χ2v) is 7.16. The summed E-state index contributed by atoms with van der Waals surface area (Å²) < 4.78 is 23.4. The highest BCUT2D eigenvalue weighted by atomic mass is 32.2. The Hall–Kier alpha value is -0.0900. The van der Waals surface area contributed by atoms with Crippen LogP contribution in [0.4, 0.5) is 0 Å². The highest BCUT2D eigenvalue weighted by Gasteiger charge is 2.10. The summed E-state index contributed by atoms with van der Waals surface area (Å²) >= 11 is 0. The molecule has 1 unspecified atom stereocenters. The topological polar surface area (TPSA) is 46.2 Å². The van der Waals surface area contributed by atoms with Crippen LogP contribution in [0.2, 0.25) is 0 Å². The first-order chi connectivity index (χ1) is 8.02. The first kappa shape index (κ1) is 16.9. The summed E-state index contributed by atoms with van der Waals surface area (Å²) in [5.74, 6) is 0.729. The van der Waals surface area contributed by atoms with Crippen LogP contribution in [-0.4, -0.2) is 32.5 Å². The van der Waals surface area contributed by atoms with Crippen molar-refractivity contribution in [2.24, 2.45) is 0 Å². The molecule has 0 aromatic heterocycles. The van der Waals surface area contributed by atoms with E-state index in [-0.39, 0.29) is 0 Å². The van der Waals surface area contributed by atoms with E-state index in [0.29, 0.717) is 17.5 Å². The maximum Gasteiger partial charge on any atom is 0.150 e. The fourth-order valence-electron chi connectivity index (χ4n) is 1.78. The summed E-state index contributed by atoms with van der Waals surface area (Å²) in [7, 11) is -2.80. The number of hydrogen-bond acceptors (Lipinski definition) is 3. The van der Waals surface area contributed by atoms with Gasteiger partial charge in [-0.2, -0.15) is 0 Å². The number of rotatable bonds is 11. The third-order valence-electron chi connectivity index (χ3n) is 2.89. The standard InChI is InChI=1S/C13H29NO2S/c1-4-6-7-11-17(15,16)12-8-9-13(3)14-10-5-2/h13-14H,4-12H2,1-3H3. The predicted molar refractivity (Wildman–Crippen MR) is 75.2 cm³/mol. The Morgan fingerprint density at radius 1 is 1.00 bits per heavy atom. The van der Waals surface area contributed by atoms with Crippen LogP contribution in [0.1, 0.15) is 59.3 Å². The Labute approximate surface area is 107 Å². The second kappa shape index (κ2) is 9.89. The number of hydrogen-bond donors (Lipinski definition) is 1. The van der Waals surface area contributed by atoms with Gasteiger partial charge in [0.1, 0.15) is 9.84 Å². The van der Waals surface area contributed by atoms with Crippen LogP contribution in [0, 0.1) is 0 Å². The lowest BCUT2D eigenvalue weighted by Crippen LogP contribution is -2.27. The molecular weight excluding hydrogens is 234 g/mol. The van der Waals surface area contributed by atoms with Crippen LogP contribution in [0.3, 0.4) is 0 Å². The molecule has 0 saturated carbocycles. The van der Waals surface area contributed by atoms with Gasteiger partial charge in [-0.1, -0.05) is 26.7 Å². The monoisotopic (exact) mass is 263 g/mol. The minimum absolute atomic E-state index is 0.356. The van der Waals surface area contributed by atoms with E-state index < -0.39 is 9.84 Å². The van der Waals surface area contributed by atoms with Crippen LogP contribution in [0.15, 0.2) is 0 Å². The maximum atomic E-state index is 11.7. The number of unbranched alkanes of at least 4 members (excludes halogenated alkanes) is 2. The molecule has 17 heavy (non-hydrogen) atoms. The Morgan fingerprint density at radius 3 is 2.24 bits per heavy atom. The van der Waals surface area contributed by atoms with Crippen molar-refractivity contribution < 1.29 is 8.42 Å². The van der Waals surface area contributed by atoms with Crippen molar-refractivity contribution in [2.45, 2.75) is 65.3 Å². The molecule has 1 N–H and O–H groups in total. The molecule has 0 aliphatic heterocycles. The molecule has 0 amide bonds. The molecule has 1 atom stereocenters. The van der Waals surface area contributed by atoms with Crippen molar-refractivity contribution in [3.05, 3.63) is 0 Å². The minimum Gasteiger partial charge on any atom is -0.314 e. The predicted octanol–water partition coefficient (Wildman–Crippen LogP) is 2.76. The summed E-state index contributed by atoms with van der Waals surface area (Å²) in [5.41, 5.74) is 0. The molecule has 4 heteroatoms. The third kappa shape index (κ3) is 10.8. The largest absolute Gasteiger partial charge is 0.314 e. The van der Waals surface area contributed by atoms with E-state index in [1.165, 1.54) is 0 Å². The van der Waals surface area contributed by atoms with Crippen molar-refractivity contribution in [3.63, 3.8) is 0 Å². The smallest absolute Gasteiger partial charge is 0.150 e. The fourth-order valence-corrected chi connectivity index (χ4v) is 3.23. The van der Waals surface area contributed by atoms with Crippen LogP contribution < -0.4 is 5.32 Å². The second-order valence-electron chi connectivity index (χ2n) is 4.86. The van der Waals surface area contributed by atoms with Gasteiger partial charge in [0.25, 0.3) is 0 Å². The molecule has 0 fully saturated rings. The van der Waals surface area contributed by atoms with Gasteiger partial charge in [-0.25, -0.2) is 8.42 Å². The van der Waals surface area contributed by atoms with Gasteiger partial charge in [-0.3, -0.25) is 0 Å². The molecule has 0 spiro atoms. The molecule has 0 radical (unpaired) electrons. The third-order valence-corrected chi connectivity index (χ3v) is 4.72. The lowest BCUT2D eigenvalue weighted by Gasteiger charge is -2.12. The van der Waals surface area contributed by atoms with Gasteiger partial charge in [-0.05, 0) is 39.2 Å². The van der Waals surface area contributed by atoms with Crippen molar-refractivity contribution in [1.29, 1.82) is 0 Å². The van der Waals surface area contributed by atoms with Gasteiger partial charge in [0.05, 0.1) is 11.5 Å². The molecule has 0 heterocycles. The summed E-state index contributed by atoms with van der Waals surface area (Å²) in [4.78, 5) is 0. The molecule has 0 aromatic rings. The minimum atomic E-state index is -2.80. The lowest BCUT2D eigenvalue weighted by molar-refractivity contribution is 0.505. The number of nitrogens with one attached hydrogen (secondary N) is 1. The van der Waals surface area contributed by atoms with Crippen molar-refractivity contribution in [2.75, 3.05) is 18.1 Å². The molecular formula is C13H29NO2S. The Bertz CT molecular complexity index is 263. The first-order valence-electron chi connectivity index (χ1n) is 6.95. The summed E-state index contributed by atoms with van der Waals surface area (Å²) in [6.07, 6.45) is 5.78. The number of sulfone groups is 1. The van der Waals surface area contributed by atoms with Gasteiger partial charge < -0.3 is 5.32 Å². The zero-order valence-electron chi connectivity index (χ0n) is 11.7. The molecule has 3 nitrogen and oxygen atoms in total. The van der Waals surface area contributed by atoms with Crippen LogP contribution in [0.25, 0.3) is 0 Å². The zero-order chi connectivity index (χ0) is 13.1. The molecule has 104 valence electrons. The summed E-state index contributed by atoms with van der Waals surface area (Å²) in [6.45, 7) is 7.37. The van der Waals surface area contributed by atoms with E-state index in [0.717, 1.165) is 45.1 Å². The van der Waals surface area contributed by atoms with E-state index in [4.69, 9.17) is 0 Å².